The third kappa shape index (κ3) is 2.66. The summed E-state index contributed by atoms with van der Waals surface area (Å²) in [7, 11) is 0. The first-order chi connectivity index (χ1) is 7.24. The normalized spacial score (nSPS) is 10.2. The van der Waals surface area contributed by atoms with Crippen molar-refractivity contribution >= 4 is 21.6 Å². The van der Waals surface area contributed by atoms with Crippen LogP contribution in [0.25, 0.3) is 0 Å². The third-order valence-electron chi connectivity index (χ3n) is 1.72. The number of nitrogens with one attached hydrogen (secondary N) is 3. The van der Waals surface area contributed by atoms with E-state index in [2.05, 4.69) is 41.4 Å². The van der Waals surface area contributed by atoms with Gasteiger partial charge in [0.25, 0.3) is 0 Å². The topological polar surface area (TPSA) is 86.5 Å². The van der Waals surface area contributed by atoms with E-state index in [1.807, 2.05) is 6.07 Å². The quantitative estimate of drug-likeness (QED) is 0.772. The molecule has 0 spiro atoms. The SMILES string of the molecule is O=c1[nH]nc(CNc2cncc(Br)c2)[nH]1. The fourth-order valence-electron chi connectivity index (χ4n) is 1.08. The molecule has 0 bridgehead atoms. The summed E-state index contributed by atoms with van der Waals surface area (Å²) in [4.78, 5) is 17.3. The van der Waals surface area contributed by atoms with Crippen LogP contribution in [0.5, 0.6) is 0 Å². The van der Waals surface area contributed by atoms with Crippen LogP contribution >= 0.6 is 15.9 Å². The summed E-state index contributed by atoms with van der Waals surface area (Å²) in [6.45, 7) is 0.441. The smallest absolute Gasteiger partial charge is 0.340 e. The number of anilines is 1. The number of rotatable bonds is 3. The molecular weight excluding hydrogens is 262 g/mol. The van der Waals surface area contributed by atoms with E-state index in [1.54, 1.807) is 12.4 Å². The minimum Gasteiger partial charge on any atom is -0.376 e. The lowest BCUT2D eigenvalue weighted by Gasteiger charge is -2.02. The summed E-state index contributed by atoms with van der Waals surface area (Å²) < 4.78 is 0.892. The number of hydrogen-bond donors (Lipinski definition) is 3. The van der Waals surface area contributed by atoms with E-state index < -0.39 is 0 Å². The van der Waals surface area contributed by atoms with Crippen molar-refractivity contribution in [3.05, 3.63) is 39.2 Å². The highest BCUT2D eigenvalue weighted by atomic mass is 79.9. The van der Waals surface area contributed by atoms with Gasteiger partial charge in [-0.2, -0.15) is 5.10 Å². The Balaban J connectivity index is 2.02. The van der Waals surface area contributed by atoms with Crippen molar-refractivity contribution in [2.45, 2.75) is 6.54 Å². The molecule has 3 N–H and O–H groups in total. The number of aromatic amines is 2. The van der Waals surface area contributed by atoms with E-state index >= 15 is 0 Å². The van der Waals surface area contributed by atoms with Crippen LogP contribution in [0.1, 0.15) is 5.82 Å². The van der Waals surface area contributed by atoms with E-state index in [4.69, 9.17) is 0 Å². The Morgan fingerprint density at radius 1 is 1.47 bits per heavy atom. The summed E-state index contributed by atoms with van der Waals surface area (Å²) in [6, 6.07) is 1.89. The maximum atomic E-state index is 10.7. The molecule has 0 unspecified atom stereocenters. The second kappa shape index (κ2) is 4.26. The molecule has 0 radical (unpaired) electrons. The van der Waals surface area contributed by atoms with E-state index in [0.29, 0.717) is 12.4 Å². The molecule has 7 heteroatoms. The molecule has 2 heterocycles. The second-order valence-electron chi connectivity index (χ2n) is 2.87. The van der Waals surface area contributed by atoms with Crippen molar-refractivity contribution in [2.75, 3.05) is 5.32 Å². The highest BCUT2D eigenvalue weighted by Gasteiger charge is 1.98. The lowest BCUT2D eigenvalue weighted by molar-refractivity contribution is 0.952. The van der Waals surface area contributed by atoms with Gasteiger partial charge in [-0.15, -0.1) is 0 Å². The lowest BCUT2D eigenvalue weighted by Crippen LogP contribution is -2.04. The van der Waals surface area contributed by atoms with Crippen molar-refractivity contribution in [3.63, 3.8) is 0 Å². The van der Waals surface area contributed by atoms with Gasteiger partial charge in [0.2, 0.25) is 0 Å². The van der Waals surface area contributed by atoms with Gasteiger partial charge in [-0.1, -0.05) is 0 Å². The first kappa shape index (κ1) is 9.91. The van der Waals surface area contributed by atoms with Gasteiger partial charge in [0.1, 0.15) is 5.82 Å². The van der Waals surface area contributed by atoms with Crippen molar-refractivity contribution in [1.29, 1.82) is 0 Å². The predicted molar refractivity (Wildman–Crippen MR) is 58.5 cm³/mol. The Morgan fingerprint density at radius 3 is 3.00 bits per heavy atom. The summed E-state index contributed by atoms with van der Waals surface area (Å²) in [5, 5.41) is 9.13. The Kier molecular flexibility index (Phi) is 2.82. The average Bonchev–Trinajstić information content (AvgIpc) is 2.62. The highest BCUT2D eigenvalue weighted by Crippen LogP contribution is 2.13. The molecule has 0 aromatic carbocycles. The Hall–Kier alpha value is -1.63. The van der Waals surface area contributed by atoms with Gasteiger partial charge in [0, 0.05) is 10.7 Å². The Bertz CT molecular complexity index is 505. The second-order valence-corrected chi connectivity index (χ2v) is 3.79. The molecule has 0 saturated heterocycles. The zero-order chi connectivity index (χ0) is 10.7. The molecule has 0 fully saturated rings. The van der Waals surface area contributed by atoms with E-state index in [-0.39, 0.29) is 5.69 Å². The van der Waals surface area contributed by atoms with Gasteiger partial charge in [-0.05, 0) is 22.0 Å². The molecule has 0 aliphatic heterocycles. The van der Waals surface area contributed by atoms with E-state index in [9.17, 15) is 4.79 Å². The van der Waals surface area contributed by atoms with Crippen molar-refractivity contribution in [3.8, 4) is 0 Å². The van der Waals surface area contributed by atoms with Crippen molar-refractivity contribution < 1.29 is 0 Å². The van der Waals surface area contributed by atoms with Crippen LogP contribution in [0.2, 0.25) is 0 Å². The largest absolute Gasteiger partial charge is 0.376 e. The number of pyridine rings is 1. The van der Waals surface area contributed by atoms with Crippen LogP contribution in [-0.4, -0.2) is 20.2 Å². The van der Waals surface area contributed by atoms with Crippen LogP contribution in [0.15, 0.2) is 27.7 Å². The van der Waals surface area contributed by atoms with Crippen LogP contribution in [-0.2, 0) is 6.54 Å². The molecule has 0 saturated carbocycles. The predicted octanol–water partition coefficient (Wildman–Crippen LogP) is 0.868. The summed E-state index contributed by atoms with van der Waals surface area (Å²) in [5.74, 6) is 0.556. The molecule has 2 aromatic rings. The van der Waals surface area contributed by atoms with Gasteiger partial charge in [-0.3, -0.25) is 9.97 Å². The molecule has 0 aliphatic rings. The number of H-pyrrole nitrogens is 2. The summed E-state index contributed by atoms with van der Waals surface area (Å²) >= 11 is 3.31. The first-order valence-corrected chi connectivity index (χ1v) is 5.01. The summed E-state index contributed by atoms with van der Waals surface area (Å²) in [5.41, 5.74) is 0.549. The van der Waals surface area contributed by atoms with Gasteiger partial charge in [0.05, 0.1) is 18.4 Å². The molecule has 2 rings (SSSR count). The standard InChI is InChI=1S/C8H8BrN5O/c9-5-1-6(3-10-2-5)11-4-7-12-8(15)14-13-7/h1-3,11H,4H2,(H2,12,13,14,15). The van der Waals surface area contributed by atoms with Crippen LogP contribution in [0.3, 0.4) is 0 Å². The van der Waals surface area contributed by atoms with Crippen molar-refractivity contribution in [1.82, 2.24) is 20.2 Å². The lowest BCUT2D eigenvalue weighted by atomic mass is 10.4. The molecule has 0 aliphatic carbocycles. The van der Waals surface area contributed by atoms with Gasteiger partial charge >= 0.3 is 5.69 Å². The first-order valence-electron chi connectivity index (χ1n) is 4.22. The Labute approximate surface area is 93.3 Å². The molecule has 6 nitrogen and oxygen atoms in total. The highest BCUT2D eigenvalue weighted by molar-refractivity contribution is 9.10. The van der Waals surface area contributed by atoms with Crippen LogP contribution in [0.4, 0.5) is 5.69 Å². The van der Waals surface area contributed by atoms with Crippen LogP contribution in [0, 0.1) is 0 Å². The van der Waals surface area contributed by atoms with E-state index in [1.165, 1.54) is 0 Å². The van der Waals surface area contributed by atoms with Crippen LogP contribution < -0.4 is 11.0 Å². The molecule has 0 amide bonds. The number of hydrogen-bond acceptors (Lipinski definition) is 4. The number of aromatic nitrogens is 4. The van der Waals surface area contributed by atoms with E-state index in [0.717, 1.165) is 10.2 Å². The monoisotopic (exact) mass is 269 g/mol. The van der Waals surface area contributed by atoms with Gasteiger partial charge in [0.15, 0.2) is 0 Å². The Morgan fingerprint density at radius 2 is 2.33 bits per heavy atom. The number of nitrogens with zero attached hydrogens (tertiary/aromatic N) is 2. The third-order valence-corrected chi connectivity index (χ3v) is 2.15. The average molecular weight is 270 g/mol. The fraction of sp³-hybridized carbons (Fsp3) is 0.125. The number of halogens is 1. The molecular formula is C8H8BrN5O. The molecule has 15 heavy (non-hydrogen) atoms. The minimum absolute atomic E-state index is 0.306. The van der Waals surface area contributed by atoms with Crippen molar-refractivity contribution in [2.24, 2.45) is 0 Å². The summed E-state index contributed by atoms with van der Waals surface area (Å²) in [6.07, 6.45) is 3.39. The van der Waals surface area contributed by atoms with Gasteiger partial charge in [-0.25, -0.2) is 9.89 Å². The van der Waals surface area contributed by atoms with Gasteiger partial charge < -0.3 is 5.32 Å². The zero-order valence-corrected chi connectivity index (χ0v) is 9.21. The molecule has 2 aromatic heterocycles. The zero-order valence-electron chi connectivity index (χ0n) is 7.62. The fourth-order valence-corrected chi connectivity index (χ4v) is 1.45. The molecule has 0 atom stereocenters. The maximum absolute atomic E-state index is 10.7. The maximum Gasteiger partial charge on any atom is 0.340 e. The minimum atomic E-state index is -0.306. The molecule has 78 valence electrons.